The molecule has 1 amide bonds. The molecule has 0 N–H and O–H groups in total. The van der Waals surface area contributed by atoms with Crippen molar-refractivity contribution in [1.82, 2.24) is 14.9 Å². The molecule has 1 aromatic carbocycles. The maximum Gasteiger partial charge on any atom is 0.233 e. The summed E-state index contributed by atoms with van der Waals surface area (Å²) in [5.41, 5.74) is 0.724. The van der Waals surface area contributed by atoms with Gasteiger partial charge in [-0.05, 0) is 43.4 Å². The molecule has 1 aliphatic carbocycles. The highest BCUT2D eigenvalue weighted by Crippen LogP contribution is 2.50. The number of hydrogen-bond acceptors (Lipinski definition) is 5. The topological polar surface area (TPSA) is 58.6 Å². The summed E-state index contributed by atoms with van der Waals surface area (Å²) in [6.07, 6.45) is 8.96. The first kappa shape index (κ1) is 17.8. The number of hydrogen-bond donors (Lipinski definition) is 0. The summed E-state index contributed by atoms with van der Waals surface area (Å²) in [5.74, 6) is 1.97. The van der Waals surface area contributed by atoms with Gasteiger partial charge in [-0.25, -0.2) is 4.98 Å². The quantitative estimate of drug-likeness (QED) is 0.814. The lowest BCUT2D eigenvalue weighted by atomic mass is 9.92. The molecule has 4 rings (SSSR count). The van der Waals surface area contributed by atoms with Crippen molar-refractivity contribution >= 4 is 11.7 Å². The van der Waals surface area contributed by atoms with E-state index in [9.17, 15) is 4.79 Å². The molecule has 0 spiro atoms. The van der Waals surface area contributed by atoms with Crippen molar-refractivity contribution in [2.75, 3.05) is 32.1 Å². The average Bonchev–Trinajstić information content (AvgIpc) is 3.55. The van der Waals surface area contributed by atoms with Gasteiger partial charge in [-0.1, -0.05) is 12.1 Å². The maximum atomic E-state index is 13.3. The summed E-state index contributed by atoms with van der Waals surface area (Å²) in [6, 6.07) is 8.23. The first-order chi connectivity index (χ1) is 13.1. The molecule has 1 saturated heterocycles. The van der Waals surface area contributed by atoms with Crippen molar-refractivity contribution in [3.63, 3.8) is 0 Å². The van der Waals surface area contributed by atoms with Crippen LogP contribution < -0.4 is 9.64 Å². The SMILES string of the molecule is COc1cccc(C2(C(=O)N(C)C3CCN(c4cnccn4)CC3)CC2)c1. The third-order valence-electron chi connectivity index (χ3n) is 5.99. The van der Waals surface area contributed by atoms with Crippen LogP contribution in [-0.4, -0.2) is 54.1 Å². The number of anilines is 1. The van der Waals surface area contributed by atoms with Gasteiger partial charge >= 0.3 is 0 Å². The lowest BCUT2D eigenvalue weighted by Gasteiger charge is -2.38. The molecule has 0 radical (unpaired) electrons. The monoisotopic (exact) mass is 366 g/mol. The number of carbonyl (C=O) groups excluding carboxylic acids is 1. The van der Waals surface area contributed by atoms with Crippen LogP contribution in [0.5, 0.6) is 5.75 Å². The van der Waals surface area contributed by atoms with E-state index < -0.39 is 0 Å². The van der Waals surface area contributed by atoms with Crippen LogP contribution in [-0.2, 0) is 10.2 Å². The van der Waals surface area contributed by atoms with Crippen LogP contribution in [0.4, 0.5) is 5.82 Å². The predicted octanol–water partition coefficient (Wildman–Crippen LogP) is 2.64. The zero-order valence-corrected chi connectivity index (χ0v) is 16.0. The Morgan fingerprint density at radius 3 is 2.67 bits per heavy atom. The number of benzene rings is 1. The molecular weight excluding hydrogens is 340 g/mol. The number of nitrogens with zero attached hydrogens (tertiary/aromatic N) is 4. The van der Waals surface area contributed by atoms with Crippen LogP contribution in [0.3, 0.4) is 0 Å². The molecule has 27 heavy (non-hydrogen) atoms. The van der Waals surface area contributed by atoms with E-state index in [4.69, 9.17) is 4.74 Å². The van der Waals surface area contributed by atoms with E-state index in [1.54, 1.807) is 25.7 Å². The number of piperidine rings is 1. The molecule has 6 nitrogen and oxygen atoms in total. The highest BCUT2D eigenvalue weighted by atomic mass is 16.5. The van der Waals surface area contributed by atoms with Crippen LogP contribution in [0, 0.1) is 0 Å². The minimum absolute atomic E-state index is 0.244. The van der Waals surface area contributed by atoms with Gasteiger partial charge in [0.05, 0.1) is 18.7 Å². The number of likely N-dealkylation sites (N-methyl/N-ethyl adjacent to an activating group) is 1. The molecule has 2 fully saturated rings. The second-order valence-electron chi connectivity index (χ2n) is 7.51. The number of carbonyl (C=O) groups is 1. The summed E-state index contributed by atoms with van der Waals surface area (Å²) >= 11 is 0. The van der Waals surface area contributed by atoms with Crippen molar-refractivity contribution in [1.29, 1.82) is 0 Å². The van der Waals surface area contributed by atoms with Crippen molar-refractivity contribution in [3.05, 3.63) is 48.4 Å². The van der Waals surface area contributed by atoms with Gasteiger partial charge in [0.1, 0.15) is 11.6 Å². The molecule has 1 saturated carbocycles. The predicted molar refractivity (Wildman–Crippen MR) is 104 cm³/mol. The van der Waals surface area contributed by atoms with Crippen LogP contribution in [0.25, 0.3) is 0 Å². The zero-order valence-electron chi connectivity index (χ0n) is 16.0. The number of ether oxygens (including phenoxy) is 1. The lowest BCUT2D eigenvalue weighted by molar-refractivity contribution is -0.135. The number of amides is 1. The largest absolute Gasteiger partial charge is 0.497 e. The molecule has 1 aliphatic heterocycles. The van der Waals surface area contributed by atoms with E-state index in [-0.39, 0.29) is 17.4 Å². The third-order valence-corrected chi connectivity index (χ3v) is 5.99. The van der Waals surface area contributed by atoms with Crippen molar-refractivity contribution < 1.29 is 9.53 Å². The Kier molecular flexibility index (Phi) is 4.72. The molecule has 0 atom stereocenters. The number of aromatic nitrogens is 2. The molecule has 2 aliphatic rings. The van der Waals surface area contributed by atoms with Crippen molar-refractivity contribution in [2.24, 2.45) is 0 Å². The molecule has 1 aromatic heterocycles. The summed E-state index contributed by atoms with van der Waals surface area (Å²) in [7, 11) is 3.63. The van der Waals surface area contributed by atoms with Gasteiger partial charge in [0.15, 0.2) is 0 Å². The molecule has 0 unspecified atom stereocenters. The molecular formula is C21H26N4O2. The number of rotatable bonds is 5. The molecule has 6 heteroatoms. The van der Waals surface area contributed by atoms with E-state index in [0.29, 0.717) is 0 Å². The fraction of sp³-hybridized carbons (Fsp3) is 0.476. The van der Waals surface area contributed by atoms with Gasteiger partial charge in [-0.15, -0.1) is 0 Å². The Bertz CT molecular complexity index is 799. The first-order valence-electron chi connectivity index (χ1n) is 9.57. The lowest BCUT2D eigenvalue weighted by Crippen LogP contribution is -2.48. The van der Waals surface area contributed by atoms with Crippen LogP contribution >= 0.6 is 0 Å². The Morgan fingerprint density at radius 1 is 1.26 bits per heavy atom. The van der Waals surface area contributed by atoms with Crippen LogP contribution in [0.1, 0.15) is 31.2 Å². The Labute approximate surface area is 160 Å². The van der Waals surface area contributed by atoms with Crippen molar-refractivity contribution in [2.45, 2.75) is 37.1 Å². The van der Waals surface area contributed by atoms with Gasteiger partial charge in [0.2, 0.25) is 5.91 Å². The Morgan fingerprint density at radius 2 is 2.04 bits per heavy atom. The fourth-order valence-corrected chi connectivity index (χ4v) is 4.11. The summed E-state index contributed by atoms with van der Waals surface area (Å²) < 4.78 is 5.35. The zero-order chi connectivity index (χ0) is 18.9. The Hall–Kier alpha value is -2.63. The van der Waals surface area contributed by atoms with Crippen LogP contribution in [0.2, 0.25) is 0 Å². The van der Waals surface area contributed by atoms with Gasteiger partial charge < -0.3 is 14.5 Å². The summed E-state index contributed by atoms with van der Waals surface area (Å²) in [5, 5.41) is 0. The minimum Gasteiger partial charge on any atom is -0.497 e. The van der Waals surface area contributed by atoms with E-state index in [1.807, 2.05) is 30.1 Å². The molecule has 2 heterocycles. The standard InChI is InChI=1S/C21H26N4O2/c1-24(17-6-12-25(13-7-17)19-15-22-10-11-23-19)20(26)21(8-9-21)16-4-3-5-18(14-16)27-2/h3-5,10-11,14-15,17H,6-9,12-13H2,1-2H3. The van der Waals surface area contributed by atoms with Gasteiger partial charge in [-0.3, -0.25) is 9.78 Å². The van der Waals surface area contributed by atoms with E-state index in [1.165, 1.54) is 0 Å². The first-order valence-corrected chi connectivity index (χ1v) is 9.57. The second-order valence-corrected chi connectivity index (χ2v) is 7.51. The third kappa shape index (κ3) is 3.36. The maximum absolute atomic E-state index is 13.3. The average molecular weight is 366 g/mol. The van der Waals surface area contributed by atoms with Crippen LogP contribution in [0.15, 0.2) is 42.9 Å². The molecule has 2 aromatic rings. The highest BCUT2D eigenvalue weighted by molar-refractivity contribution is 5.91. The van der Waals surface area contributed by atoms with E-state index in [0.717, 1.165) is 55.9 Å². The van der Waals surface area contributed by atoms with Gasteiger partial charge in [0.25, 0.3) is 0 Å². The van der Waals surface area contributed by atoms with Gasteiger partial charge in [0, 0.05) is 38.6 Å². The molecule has 0 bridgehead atoms. The van der Waals surface area contributed by atoms with Gasteiger partial charge in [-0.2, -0.15) is 0 Å². The fourth-order valence-electron chi connectivity index (χ4n) is 4.11. The minimum atomic E-state index is -0.356. The highest BCUT2D eigenvalue weighted by Gasteiger charge is 2.53. The molecule has 142 valence electrons. The number of methoxy groups -OCH3 is 1. The summed E-state index contributed by atoms with van der Waals surface area (Å²) in [6.45, 7) is 1.79. The summed E-state index contributed by atoms with van der Waals surface area (Å²) in [4.78, 5) is 26.1. The second kappa shape index (κ2) is 7.18. The Balaban J connectivity index is 1.42. The van der Waals surface area contributed by atoms with E-state index >= 15 is 0 Å². The normalized spacial score (nSPS) is 18.8. The van der Waals surface area contributed by atoms with E-state index in [2.05, 4.69) is 20.9 Å². The van der Waals surface area contributed by atoms with Crippen molar-refractivity contribution in [3.8, 4) is 5.75 Å². The smallest absolute Gasteiger partial charge is 0.233 e.